The van der Waals surface area contributed by atoms with Crippen molar-refractivity contribution in [3.8, 4) is 5.75 Å². The van der Waals surface area contributed by atoms with Crippen molar-refractivity contribution in [2.24, 2.45) is 0 Å². The highest BCUT2D eigenvalue weighted by molar-refractivity contribution is 7.90. The molecule has 0 atom stereocenters. The predicted molar refractivity (Wildman–Crippen MR) is 107 cm³/mol. The molecule has 1 aliphatic rings. The van der Waals surface area contributed by atoms with Crippen molar-refractivity contribution in [1.82, 2.24) is 15.1 Å². The van der Waals surface area contributed by atoms with E-state index in [1.165, 1.54) is 7.11 Å². The van der Waals surface area contributed by atoms with E-state index >= 15 is 0 Å². The normalized spacial score (nSPS) is 14.9. The Labute approximate surface area is 169 Å². The van der Waals surface area contributed by atoms with Crippen LogP contribution in [0.25, 0.3) is 0 Å². The number of fused-ring (bicyclic) bond motifs is 1. The van der Waals surface area contributed by atoms with Crippen LogP contribution >= 0.6 is 0 Å². The van der Waals surface area contributed by atoms with Gasteiger partial charge in [0.15, 0.2) is 9.84 Å². The zero-order chi connectivity index (χ0) is 21.4. The Kier molecular flexibility index (Phi) is 5.40. The molecule has 1 aromatic carbocycles. The number of para-hydroxylation sites is 1. The van der Waals surface area contributed by atoms with Gasteiger partial charge in [-0.05, 0) is 26.8 Å². The average molecular weight is 420 g/mol. The molecule has 0 radical (unpaired) electrons. The first-order valence-corrected chi connectivity index (χ1v) is 10.9. The Morgan fingerprint density at radius 1 is 1.17 bits per heavy atom. The number of ether oxygens (including phenoxy) is 1. The molecule has 0 unspecified atom stereocenters. The maximum Gasteiger partial charge on any atom is 0.314 e. The van der Waals surface area contributed by atoms with Crippen LogP contribution in [0, 0.1) is 0 Å². The summed E-state index contributed by atoms with van der Waals surface area (Å²) in [5, 5.41) is 9.46. The van der Waals surface area contributed by atoms with E-state index in [0.29, 0.717) is 17.0 Å². The summed E-state index contributed by atoms with van der Waals surface area (Å²) in [5.74, 6) is -1.27. The first-order chi connectivity index (χ1) is 13.5. The van der Waals surface area contributed by atoms with E-state index in [-0.39, 0.29) is 23.9 Å². The van der Waals surface area contributed by atoms with Crippen molar-refractivity contribution in [1.29, 1.82) is 0 Å². The minimum Gasteiger partial charge on any atom is -0.496 e. The van der Waals surface area contributed by atoms with Crippen LogP contribution < -0.4 is 15.4 Å². The number of carbonyl (C=O) groups is 2. The van der Waals surface area contributed by atoms with E-state index in [1.54, 1.807) is 28.9 Å². The molecule has 2 heterocycles. The molecular formula is C19H24N4O5S. The van der Waals surface area contributed by atoms with E-state index in [0.717, 1.165) is 5.56 Å². The lowest BCUT2D eigenvalue weighted by Crippen LogP contribution is -2.37. The number of sulfone groups is 1. The van der Waals surface area contributed by atoms with Gasteiger partial charge in [0.2, 0.25) is 0 Å². The number of anilines is 1. The monoisotopic (exact) mass is 420 g/mol. The van der Waals surface area contributed by atoms with Gasteiger partial charge in [-0.25, -0.2) is 13.1 Å². The summed E-state index contributed by atoms with van der Waals surface area (Å²) in [6.45, 7) is 5.74. The van der Waals surface area contributed by atoms with Crippen molar-refractivity contribution in [2.45, 2.75) is 44.4 Å². The van der Waals surface area contributed by atoms with Gasteiger partial charge in [0, 0.05) is 17.7 Å². The van der Waals surface area contributed by atoms with E-state index in [1.807, 2.05) is 20.8 Å². The molecule has 3 rings (SSSR count). The first-order valence-electron chi connectivity index (χ1n) is 9.04. The molecule has 0 spiro atoms. The highest BCUT2D eigenvalue weighted by atomic mass is 32.2. The SMILES string of the molecule is COc1ccccc1CNC(=O)C(=O)Nc1c2c(nn1C(C)(C)C)CS(=O)(=O)C2. The number of nitrogens with one attached hydrogen (secondary N) is 2. The third-order valence-corrected chi connectivity index (χ3v) is 5.93. The second-order valence-corrected chi connectivity index (χ2v) is 9.90. The molecule has 156 valence electrons. The molecule has 2 aromatic rings. The number of hydrogen-bond acceptors (Lipinski definition) is 6. The van der Waals surface area contributed by atoms with Crippen molar-refractivity contribution >= 4 is 27.5 Å². The van der Waals surface area contributed by atoms with Crippen LogP contribution in [-0.4, -0.2) is 37.1 Å². The second-order valence-electron chi connectivity index (χ2n) is 7.84. The Morgan fingerprint density at radius 3 is 2.52 bits per heavy atom. The fourth-order valence-electron chi connectivity index (χ4n) is 3.13. The molecule has 0 bridgehead atoms. The number of carbonyl (C=O) groups excluding carboxylic acids is 2. The van der Waals surface area contributed by atoms with Gasteiger partial charge in [0.25, 0.3) is 0 Å². The Hall–Kier alpha value is -2.88. The molecule has 1 aliphatic heterocycles. The number of amides is 2. The van der Waals surface area contributed by atoms with Crippen molar-refractivity contribution in [2.75, 3.05) is 12.4 Å². The number of nitrogens with zero attached hydrogens (tertiary/aromatic N) is 2. The molecule has 0 aliphatic carbocycles. The summed E-state index contributed by atoms with van der Waals surface area (Å²) in [7, 11) is -1.77. The van der Waals surface area contributed by atoms with Gasteiger partial charge in [-0.2, -0.15) is 5.10 Å². The molecule has 0 fully saturated rings. The highest BCUT2D eigenvalue weighted by Gasteiger charge is 2.35. The summed E-state index contributed by atoms with van der Waals surface area (Å²) in [6, 6.07) is 7.14. The van der Waals surface area contributed by atoms with E-state index in [4.69, 9.17) is 4.74 Å². The van der Waals surface area contributed by atoms with Crippen LogP contribution in [-0.2, 0) is 43.0 Å². The number of benzene rings is 1. The summed E-state index contributed by atoms with van der Waals surface area (Å²) in [6.07, 6.45) is 0. The van der Waals surface area contributed by atoms with Crippen molar-refractivity contribution in [3.05, 3.63) is 41.1 Å². The van der Waals surface area contributed by atoms with Gasteiger partial charge in [-0.1, -0.05) is 18.2 Å². The van der Waals surface area contributed by atoms with Crippen molar-refractivity contribution < 1.29 is 22.7 Å². The standard InChI is InChI=1S/C19H24N4O5S/c1-19(2,3)23-16(13-10-29(26,27)11-14(13)22-23)21-18(25)17(24)20-9-12-7-5-6-8-15(12)28-4/h5-8H,9-11H2,1-4H3,(H,20,24)(H,21,25). The maximum absolute atomic E-state index is 12.5. The Bertz CT molecular complexity index is 1070. The smallest absolute Gasteiger partial charge is 0.314 e. The summed E-state index contributed by atoms with van der Waals surface area (Å²) < 4.78 is 30.7. The zero-order valence-electron chi connectivity index (χ0n) is 16.8. The lowest BCUT2D eigenvalue weighted by atomic mass is 10.1. The minimum absolute atomic E-state index is 0.112. The van der Waals surface area contributed by atoms with E-state index < -0.39 is 27.2 Å². The van der Waals surface area contributed by atoms with E-state index in [2.05, 4.69) is 15.7 Å². The van der Waals surface area contributed by atoms with Crippen molar-refractivity contribution in [3.63, 3.8) is 0 Å². The third-order valence-electron chi connectivity index (χ3n) is 4.49. The molecule has 2 N–H and O–H groups in total. The van der Waals surface area contributed by atoms with Crippen LogP contribution in [0.1, 0.15) is 37.6 Å². The van der Waals surface area contributed by atoms with Gasteiger partial charge in [0.1, 0.15) is 11.6 Å². The van der Waals surface area contributed by atoms with Crippen LogP contribution in [0.2, 0.25) is 0 Å². The van der Waals surface area contributed by atoms with Gasteiger partial charge < -0.3 is 15.4 Å². The average Bonchev–Trinajstić information content (AvgIpc) is 3.12. The van der Waals surface area contributed by atoms with Crippen LogP contribution in [0.3, 0.4) is 0 Å². The molecule has 0 saturated carbocycles. The quantitative estimate of drug-likeness (QED) is 0.720. The van der Waals surface area contributed by atoms with Gasteiger partial charge >= 0.3 is 11.8 Å². The van der Waals surface area contributed by atoms with Crippen LogP contribution in [0.15, 0.2) is 24.3 Å². The fraction of sp³-hybridized carbons (Fsp3) is 0.421. The number of methoxy groups -OCH3 is 1. The van der Waals surface area contributed by atoms with Gasteiger partial charge in [0.05, 0.1) is 29.8 Å². The van der Waals surface area contributed by atoms with Gasteiger partial charge in [-0.15, -0.1) is 0 Å². The molecular weight excluding hydrogens is 396 g/mol. The number of hydrogen-bond donors (Lipinski definition) is 2. The highest BCUT2D eigenvalue weighted by Crippen LogP contribution is 2.34. The largest absolute Gasteiger partial charge is 0.496 e. The zero-order valence-corrected chi connectivity index (χ0v) is 17.6. The number of rotatable bonds is 4. The summed E-state index contributed by atoms with van der Waals surface area (Å²) in [5.41, 5.74) is 1.06. The molecule has 29 heavy (non-hydrogen) atoms. The first kappa shape index (κ1) is 20.8. The summed E-state index contributed by atoms with van der Waals surface area (Å²) >= 11 is 0. The van der Waals surface area contributed by atoms with Crippen LogP contribution in [0.4, 0.5) is 5.82 Å². The lowest BCUT2D eigenvalue weighted by molar-refractivity contribution is -0.136. The minimum atomic E-state index is -3.30. The molecule has 9 nitrogen and oxygen atoms in total. The van der Waals surface area contributed by atoms with Gasteiger partial charge in [-0.3, -0.25) is 9.59 Å². The third kappa shape index (κ3) is 4.42. The molecule has 2 amide bonds. The summed E-state index contributed by atoms with van der Waals surface area (Å²) in [4.78, 5) is 24.8. The predicted octanol–water partition coefficient (Wildman–Crippen LogP) is 1.33. The molecule has 10 heteroatoms. The second kappa shape index (κ2) is 7.51. The molecule has 0 saturated heterocycles. The Morgan fingerprint density at radius 2 is 1.86 bits per heavy atom. The van der Waals surface area contributed by atoms with Crippen LogP contribution in [0.5, 0.6) is 5.75 Å². The Balaban J connectivity index is 1.77. The number of aromatic nitrogens is 2. The topological polar surface area (TPSA) is 119 Å². The lowest BCUT2D eigenvalue weighted by Gasteiger charge is -2.23. The fourth-order valence-corrected chi connectivity index (χ4v) is 4.62. The molecule has 1 aromatic heterocycles. The van der Waals surface area contributed by atoms with E-state index in [9.17, 15) is 18.0 Å². The maximum atomic E-state index is 12.5.